The van der Waals surface area contributed by atoms with Gasteiger partial charge in [-0.05, 0) is 18.6 Å². The monoisotopic (exact) mass is 243 g/mol. The highest BCUT2D eigenvalue weighted by atomic mass is 35.5. The van der Waals surface area contributed by atoms with E-state index in [0.717, 1.165) is 12.8 Å². The number of hydrogen-bond donors (Lipinski definition) is 2. The SMILES string of the molecule is CCCCNC(=O)/N=c1/ccc(Cl)cn1O. The van der Waals surface area contributed by atoms with E-state index in [1.165, 1.54) is 12.3 Å². The van der Waals surface area contributed by atoms with E-state index < -0.39 is 6.03 Å². The molecule has 1 rings (SSSR count). The number of nitrogens with zero attached hydrogens (tertiary/aromatic N) is 2. The van der Waals surface area contributed by atoms with Crippen molar-refractivity contribution in [1.82, 2.24) is 10.0 Å². The van der Waals surface area contributed by atoms with Crippen LogP contribution in [0.1, 0.15) is 19.8 Å². The maximum atomic E-state index is 11.3. The number of pyridine rings is 1. The summed E-state index contributed by atoms with van der Waals surface area (Å²) >= 11 is 5.63. The number of urea groups is 1. The average Bonchev–Trinajstić information content (AvgIpc) is 2.23. The van der Waals surface area contributed by atoms with Crippen LogP contribution in [-0.2, 0) is 0 Å². The number of amides is 2. The minimum atomic E-state index is -0.474. The molecule has 1 aromatic heterocycles. The molecule has 0 aliphatic heterocycles. The zero-order valence-electron chi connectivity index (χ0n) is 8.98. The summed E-state index contributed by atoms with van der Waals surface area (Å²) in [5, 5.41) is 12.3. The van der Waals surface area contributed by atoms with Crippen molar-refractivity contribution in [2.75, 3.05) is 6.54 Å². The van der Waals surface area contributed by atoms with Crippen LogP contribution < -0.4 is 10.8 Å². The molecule has 0 aromatic carbocycles. The Balaban J connectivity index is 2.71. The largest absolute Gasteiger partial charge is 0.427 e. The third kappa shape index (κ3) is 3.94. The lowest BCUT2D eigenvalue weighted by molar-refractivity contribution is 0.171. The molecule has 1 aromatic rings. The van der Waals surface area contributed by atoms with Crippen molar-refractivity contribution in [3.63, 3.8) is 0 Å². The Kier molecular flexibility index (Phi) is 4.85. The summed E-state index contributed by atoms with van der Waals surface area (Å²) in [4.78, 5) is 15.0. The first-order chi connectivity index (χ1) is 7.63. The molecule has 0 saturated heterocycles. The molecule has 0 spiro atoms. The highest BCUT2D eigenvalue weighted by molar-refractivity contribution is 6.30. The molecule has 88 valence electrons. The van der Waals surface area contributed by atoms with Gasteiger partial charge in [0.1, 0.15) is 0 Å². The summed E-state index contributed by atoms with van der Waals surface area (Å²) in [5.41, 5.74) is 0.137. The van der Waals surface area contributed by atoms with Crippen LogP contribution in [0.15, 0.2) is 23.3 Å². The third-order valence-corrected chi connectivity index (χ3v) is 2.12. The summed E-state index contributed by atoms with van der Waals surface area (Å²) in [6.45, 7) is 2.61. The minimum absolute atomic E-state index is 0.137. The van der Waals surface area contributed by atoms with Crippen molar-refractivity contribution in [3.8, 4) is 0 Å². The van der Waals surface area contributed by atoms with Gasteiger partial charge in [0.2, 0.25) is 0 Å². The van der Waals surface area contributed by atoms with Gasteiger partial charge >= 0.3 is 6.03 Å². The van der Waals surface area contributed by atoms with Crippen molar-refractivity contribution in [3.05, 3.63) is 28.8 Å². The van der Waals surface area contributed by atoms with Crippen LogP contribution in [0, 0.1) is 0 Å². The Morgan fingerprint density at radius 2 is 2.38 bits per heavy atom. The fourth-order valence-corrected chi connectivity index (χ4v) is 1.22. The van der Waals surface area contributed by atoms with Crippen molar-refractivity contribution < 1.29 is 10.0 Å². The maximum absolute atomic E-state index is 11.3. The van der Waals surface area contributed by atoms with E-state index in [1.807, 2.05) is 6.92 Å². The van der Waals surface area contributed by atoms with E-state index in [0.29, 0.717) is 16.3 Å². The lowest BCUT2D eigenvalue weighted by Crippen LogP contribution is -2.26. The molecule has 0 atom stereocenters. The summed E-state index contributed by atoms with van der Waals surface area (Å²) in [5.74, 6) is 0. The Morgan fingerprint density at radius 3 is 3.00 bits per heavy atom. The van der Waals surface area contributed by atoms with Gasteiger partial charge in [0, 0.05) is 6.54 Å². The average molecular weight is 244 g/mol. The van der Waals surface area contributed by atoms with Crippen LogP contribution in [0.4, 0.5) is 4.79 Å². The molecular formula is C10H14ClN3O2. The van der Waals surface area contributed by atoms with Crippen LogP contribution >= 0.6 is 11.6 Å². The molecule has 0 saturated carbocycles. The molecule has 0 aliphatic rings. The van der Waals surface area contributed by atoms with Crippen LogP contribution in [0.25, 0.3) is 0 Å². The van der Waals surface area contributed by atoms with Crippen molar-refractivity contribution in [1.29, 1.82) is 0 Å². The fourth-order valence-electron chi connectivity index (χ4n) is 1.06. The number of aromatic nitrogens is 1. The van der Waals surface area contributed by atoms with Crippen molar-refractivity contribution >= 4 is 17.6 Å². The van der Waals surface area contributed by atoms with Gasteiger partial charge in [0.05, 0.1) is 11.2 Å². The zero-order chi connectivity index (χ0) is 12.0. The first-order valence-corrected chi connectivity index (χ1v) is 5.41. The Bertz CT molecular complexity index is 428. The molecule has 0 bridgehead atoms. The summed E-state index contributed by atoms with van der Waals surface area (Å²) < 4.78 is 0.710. The Morgan fingerprint density at radius 1 is 1.62 bits per heavy atom. The number of carbonyl (C=O) groups excluding carboxylic acids is 1. The summed E-state index contributed by atoms with van der Waals surface area (Å²) in [6, 6.07) is 2.53. The number of hydrogen-bond acceptors (Lipinski definition) is 2. The van der Waals surface area contributed by atoms with Gasteiger partial charge in [0.25, 0.3) is 0 Å². The van der Waals surface area contributed by atoms with Gasteiger partial charge in [-0.1, -0.05) is 24.9 Å². The quantitative estimate of drug-likeness (QED) is 0.628. The van der Waals surface area contributed by atoms with E-state index in [9.17, 15) is 10.0 Å². The molecule has 0 unspecified atom stereocenters. The highest BCUT2D eigenvalue weighted by Crippen LogP contribution is 2.01. The summed E-state index contributed by atoms with van der Waals surface area (Å²) in [7, 11) is 0. The van der Waals surface area contributed by atoms with Gasteiger partial charge in [-0.15, -0.1) is 0 Å². The third-order valence-electron chi connectivity index (χ3n) is 1.89. The lowest BCUT2D eigenvalue weighted by Gasteiger charge is -2.00. The molecular weight excluding hydrogens is 230 g/mol. The van der Waals surface area contributed by atoms with Gasteiger partial charge in [0.15, 0.2) is 5.49 Å². The van der Waals surface area contributed by atoms with E-state index in [4.69, 9.17) is 11.6 Å². The second-order valence-corrected chi connectivity index (χ2v) is 3.68. The molecule has 2 amide bonds. The van der Waals surface area contributed by atoms with Gasteiger partial charge < -0.3 is 10.5 Å². The van der Waals surface area contributed by atoms with E-state index in [-0.39, 0.29) is 5.49 Å². The van der Waals surface area contributed by atoms with Crippen molar-refractivity contribution in [2.45, 2.75) is 19.8 Å². The Labute approximate surface area is 98.3 Å². The first-order valence-electron chi connectivity index (χ1n) is 5.03. The second kappa shape index (κ2) is 6.17. The van der Waals surface area contributed by atoms with E-state index >= 15 is 0 Å². The van der Waals surface area contributed by atoms with Gasteiger partial charge in [-0.2, -0.15) is 9.72 Å². The highest BCUT2D eigenvalue weighted by Gasteiger charge is 1.98. The molecule has 16 heavy (non-hydrogen) atoms. The zero-order valence-corrected chi connectivity index (χ0v) is 9.74. The van der Waals surface area contributed by atoms with Crippen LogP contribution in [0.2, 0.25) is 5.02 Å². The maximum Gasteiger partial charge on any atom is 0.343 e. The van der Waals surface area contributed by atoms with Gasteiger partial charge in [-0.3, -0.25) is 0 Å². The molecule has 0 radical (unpaired) electrons. The summed E-state index contributed by atoms with van der Waals surface area (Å²) in [6.07, 6.45) is 3.17. The number of nitrogens with one attached hydrogen (secondary N) is 1. The molecule has 6 heteroatoms. The topological polar surface area (TPSA) is 66.6 Å². The normalized spacial score (nSPS) is 11.5. The second-order valence-electron chi connectivity index (χ2n) is 3.25. The van der Waals surface area contributed by atoms with E-state index in [1.54, 1.807) is 6.07 Å². The predicted molar refractivity (Wildman–Crippen MR) is 60.5 cm³/mol. The molecule has 1 heterocycles. The smallest absolute Gasteiger partial charge is 0.343 e. The molecule has 2 N–H and O–H groups in total. The van der Waals surface area contributed by atoms with Crippen LogP contribution in [0.5, 0.6) is 0 Å². The van der Waals surface area contributed by atoms with E-state index in [2.05, 4.69) is 10.3 Å². The Hall–Kier alpha value is -1.49. The first kappa shape index (κ1) is 12.6. The lowest BCUT2D eigenvalue weighted by atomic mass is 10.3. The van der Waals surface area contributed by atoms with Crippen LogP contribution in [-0.4, -0.2) is 22.5 Å². The molecule has 5 nitrogen and oxygen atoms in total. The number of unbranched alkanes of at least 4 members (excludes halogenated alkanes) is 1. The van der Waals surface area contributed by atoms with Crippen LogP contribution in [0.3, 0.4) is 0 Å². The minimum Gasteiger partial charge on any atom is -0.427 e. The molecule has 0 fully saturated rings. The van der Waals surface area contributed by atoms with Gasteiger partial charge in [-0.25, -0.2) is 4.79 Å². The number of rotatable bonds is 3. The predicted octanol–water partition coefficient (Wildman–Crippen LogP) is 1.79. The fraction of sp³-hybridized carbons (Fsp3) is 0.400. The molecule has 0 aliphatic carbocycles. The van der Waals surface area contributed by atoms with Crippen molar-refractivity contribution in [2.24, 2.45) is 4.99 Å². The number of halogens is 1. The number of carbonyl (C=O) groups is 1. The standard InChI is InChI=1S/C10H14ClN3O2/c1-2-3-6-12-10(15)13-9-5-4-8(11)7-14(9)16/h4-5,7,16H,2-3,6H2,1H3,(H,12,15)/b13-9-.